The van der Waals surface area contributed by atoms with E-state index in [0.29, 0.717) is 22.8 Å². The van der Waals surface area contributed by atoms with Crippen molar-refractivity contribution in [3.05, 3.63) is 28.3 Å². The summed E-state index contributed by atoms with van der Waals surface area (Å²) in [6.07, 6.45) is 0.0151. The Morgan fingerprint density at radius 1 is 1.56 bits per heavy atom. The van der Waals surface area contributed by atoms with E-state index in [9.17, 15) is 9.90 Å². The summed E-state index contributed by atoms with van der Waals surface area (Å²) in [5, 5.41) is 10.3. The zero-order valence-corrected chi connectivity index (χ0v) is 11.8. The molecule has 1 atom stereocenters. The Morgan fingerprint density at radius 2 is 2.17 bits per heavy atom. The highest BCUT2D eigenvalue weighted by Gasteiger charge is 2.17. The van der Waals surface area contributed by atoms with Crippen molar-refractivity contribution in [3.8, 4) is 5.75 Å². The van der Waals surface area contributed by atoms with E-state index in [2.05, 4.69) is 0 Å². The third-order valence-electron chi connectivity index (χ3n) is 2.39. The second-order valence-electron chi connectivity index (χ2n) is 3.78. The summed E-state index contributed by atoms with van der Waals surface area (Å²) in [6, 6.07) is 2.58. The first-order valence-corrected chi connectivity index (χ1v) is 5.73. The zero-order valence-electron chi connectivity index (χ0n) is 10.3. The molecule has 6 heteroatoms. The molecule has 0 unspecified atom stereocenters. The summed E-state index contributed by atoms with van der Waals surface area (Å²) < 4.78 is 4.80. The number of esters is 1. The van der Waals surface area contributed by atoms with Gasteiger partial charge in [-0.05, 0) is 31.5 Å². The number of carbonyl (C=O) groups excluding carboxylic acids is 1. The maximum atomic E-state index is 11.3. The lowest BCUT2D eigenvalue weighted by Crippen LogP contribution is -2.17. The van der Waals surface area contributed by atoms with Crippen LogP contribution in [-0.2, 0) is 9.53 Å². The van der Waals surface area contributed by atoms with Gasteiger partial charge in [0.2, 0.25) is 0 Å². The minimum Gasteiger partial charge on any atom is -0.507 e. The Kier molecular flexibility index (Phi) is 7.06. The van der Waals surface area contributed by atoms with E-state index in [0.717, 1.165) is 0 Å². The van der Waals surface area contributed by atoms with Crippen LogP contribution in [0.15, 0.2) is 12.1 Å². The fourth-order valence-electron chi connectivity index (χ4n) is 1.55. The van der Waals surface area contributed by atoms with Gasteiger partial charge < -0.3 is 15.6 Å². The molecule has 0 aliphatic heterocycles. The number of carbonyl (C=O) groups is 1. The molecule has 1 aromatic carbocycles. The van der Waals surface area contributed by atoms with E-state index in [1.807, 2.05) is 0 Å². The fourth-order valence-corrected chi connectivity index (χ4v) is 1.83. The van der Waals surface area contributed by atoms with E-state index in [-0.39, 0.29) is 24.6 Å². The number of hydrogen-bond donors (Lipinski definition) is 2. The topological polar surface area (TPSA) is 72.5 Å². The lowest BCUT2D eigenvalue weighted by atomic mass is 10.0. The summed E-state index contributed by atoms with van der Waals surface area (Å²) in [6.45, 7) is 3.76. The van der Waals surface area contributed by atoms with Crippen molar-refractivity contribution in [1.82, 2.24) is 0 Å². The third-order valence-corrected chi connectivity index (χ3v) is 2.60. The molecule has 0 aliphatic carbocycles. The van der Waals surface area contributed by atoms with E-state index in [4.69, 9.17) is 22.1 Å². The average Bonchev–Trinajstić information content (AvgIpc) is 2.23. The number of nitrogens with two attached hydrogens (primary N) is 1. The first-order valence-electron chi connectivity index (χ1n) is 5.36. The minimum atomic E-state index is -0.619. The molecule has 0 radical (unpaired) electrons. The molecule has 18 heavy (non-hydrogen) atoms. The van der Waals surface area contributed by atoms with Crippen LogP contribution >= 0.6 is 24.0 Å². The van der Waals surface area contributed by atoms with Crippen molar-refractivity contribution in [2.45, 2.75) is 26.3 Å². The van der Waals surface area contributed by atoms with E-state index >= 15 is 0 Å². The maximum absolute atomic E-state index is 11.3. The van der Waals surface area contributed by atoms with Gasteiger partial charge in [-0.2, -0.15) is 0 Å². The van der Waals surface area contributed by atoms with Gasteiger partial charge in [0.1, 0.15) is 5.75 Å². The van der Waals surface area contributed by atoms with Crippen LogP contribution in [0.4, 0.5) is 0 Å². The van der Waals surface area contributed by atoms with Crippen molar-refractivity contribution in [1.29, 1.82) is 0 Å². The molecule has 1 rings (SSSR count). The number of phenolic OH excluding ortho intramolecular Hbond substituents is 1. The minimum absolute atomic E-state index is 0. The largest absolute Gasteiger partial charge is 0.507 e. The average molecular weight is 294 g/mol. The van der Waals surface area contributed by atoms with Gasteiger partial charge in [0, 0.05) is 16.6 Å². The van der Waals surface area contributed by atoms with Crippen LogP contribution in [0, 0.1) is 6.92 Å². The summed E-state index contributed by atoms with van der Waals surface area (Å²) in [4.78, 5) is 11.3. The van der Waals surface area contributed by atoms with Gasteiger partial charge in [0.15, 0.2) is 0 Å². The molecule has 0 saturated heterocycles. The smallest absolute Gasteiger partial charge is 0.307 e. The van der Waals surface area contributed by atoms with Crippen LogP contribution in [0.3, 0.4) is 0 Å². The molecular formula is C12H17Cl2NO3. The number of ether oxygens (including phenoxy) is 1. The first-order chi connectivity index (χ1) is 7.95. The standard InChI is InChI=1S/C12H16ClNO3.ClH/c1-3-17-11(15)6-10(14)9-5-8(13)4-7(2)12(9)16;/h4-5,10,16H,3,6,14H2,1-2H3;1H/t10-;/m1./s1. The Hall–Kier alpha value is -0.970. The predicted molar refractivity (Wildman–Crippen MR) is 73.3 cm³/mol. The molecule has 1 aromatic rings. The van der Waals surface area contributed by atoms with Gasteiger partial charge in [-0.15, -0.1) is 12.4 Å². The molecule has 3 N–H and O–H groups in total. The quantitative estimate of drug-likeness (QED) is 0.837. The summed E-state index contributed by atoms with van der Waals surface area (Å²) >= 11 is 5.88. The van der Waals surface area contributed by atoms with Gasteiger partial charge in [0.05, 0.1) is 13.0 Å². The SMILES string of the molecule is CCOC(=O)C[C@@H](N)c1cc(Cl)cc(C)c1O.Cl. The molecular weight excluding hydrogens is 277 g/mol. The molecule has 4 nitrogen and oxygen atoms in total. The highest BCUT2D eigenvalue weighted by Crippen LogP contribution is 2.31. The highest BCUT2D eigenvalue weighted by molar-refractivity contribution is 6.30. The second-order valence-corrected chi connectivity index (χ2v) is 4.21. The number of aryl methyl sites for hydroxylation is 1. The number of rotatable bonds is 4. The Labute approximate surface area is 117 Å². The van der Waals surface area contributed by atoms with Gasteiger partial charge >= 0.3 is 5.97 Å². The second kappa shape index (κ2) is 7.46. The summed E-state index contributed by atoms with van der Waals surface area (Å²) in [7, 11) is 0. The molecule has 0 aliphatic rings. The molecule has 0 bridgehead atoms. The van der Waals surface area contributed by atoms with Crippen molar-refractivity contribution < 1.29 is 14.6 Å². The van der Waals surface area contributed by atoms with Crippen molar-refractivity contribution in [3.63, 3.8) is 0 Å². The van der Waals surface area contributed by atoms with Gasteiger partial charge in [0.25, 0.3) is 0 Å². The lowest BCUT2D eigenvalue weighted by Gasteiger charge is -2.14. The van der Waals surface area contributed by atoms with Crippen molar-refractivity contribution in [2.24, 2.45) is 5.73 Å². The van der Waals surface area contributed by atoms with E-state index in [1.54, 1.807) is 26.0 Å². The van der Waals surface area contributed by atoms with Crippen LogP contribution < -0.4 is 5.73 Å². The number of phenols is 1. The molecule has 0 saturated carbocycles. The van der Waals surface area contributed by atoms with Crippen LogP contribution in [0.1, 0.15) is 30.5 Å². The Balaban J connectivity index is 0.00000289. The summed E-state index contributed by atoms with van der Waals surface area (Å²) in [5.41, 5.74) is 6.94. The number of benzene rings is 1. The first kappa shape index (κ1) is 17.0. The number of aromatic hydroxyl groups is 1. The monoisotopic (exact) mass is 293 g/mol. The maximum Gasteiger partial charge on any atom is 0.307 e. The molecule has 0 amide bonds. The molecule has 102 valence electrons. The highest BCUT2D eigenvalue weighted by atomic mass is 35.5. The van der Waals surface area contributed by atoms with E-state index in [1.165, 1.54) is 0 Å². The lowest BCUT2D eigenvalue weighted by molar-refractivity contribution is -0.143. The number of halogens is 2. The summed E-state index contributed by atoms with van der Waals surface area (Å²) in [5.74, 6) is -0.316. The predicted octanol–water partition coefficient (Wildman–Crippen LogP) is 2.73. The Bertz CT molecular complexity index is 424. The number of hydrogen-bond acceptors (Lipinski definition) is 4. The normalized spacial score (nSPS) is 11.6. The van der Waals surface area contributed by atoms with Gasteiger partial charge in [-0.1, -0.05) is 11.6 Å². The molecule has 0 aromatic heterocycles. The molecule has 0 spiro atoms. The van der Waals surface area contributed by atoms with E-state index < -0.39 is 12.0 Å². The molecule has 0 heterocycles. The fraction of sp³-hybridized carbons (Fsp3) is 0.417. The van der Waals surface area contributed by atoms with Gasteiger partial charge in [-0.25, -0.2) is 0 Å². The Morgan fingerprint density at radius 3 is 2.72 bits per heavy atom. The van der Waals surface area contributed by atoms with Crippen LogP contribution in [0.5, 0.6) is 5.75 Å². The zero-order chi connectivity index (χ0) is 13.0. The van der Waals surface area contributed by atoms with Crippen LogP contribution in [-0.4, -0.2) is 17.7 Å². The van der Waals surface area contributed by atoms with Crippen molar-refractivity contribution >= 4 is 30.0 Å². The van der Waals surface area contributed by atoms with Gasteiger partial charge in [-0.3, -0.25) is 4.79 Å². The van der Waals surface area contributed by atoms with Crippen LogP contribution in [0.25, 0.3) is 0 Å². The van der Waals surface area contributed by atoms with Crippen molar-refractivity contribution in [2.75, 3.05) is 6.61 Å². The molecule has 0 fully saturated rings. The van der Waals surface area contributed by atoms with Crippen LogP contribution in [0.2, 0.25) is 5.02 Å². The third kappa shape index (κ3) is 4.37.